The molecular weight excluding hydrogens is 274 g/mol. The second-order valence-corrected chi connectivity index (χ2v) is 7.91. The summed E-state index contributed by atoms with van der Waals surface area (Å²) in [6, 6.07) is 6.47. The predicted molar refractivity (Wildman–Crippen MR) is 89.4 cm³/mol. The van der Waals surface area contributed by atoms with Gasteiger partial charge < -0.3 is 9.84 Å². The topological polar surface area (TPSA) is 32.7 Å². The highest BCUT2D eigenvalue weighted by molar-refractivity contribution is 5.45. The number of likely N-dealkylation sites (tertiary alicyclic amines) is 1. The van der Waals surface area contributed by atoms with Crippen molar-refractivity contribution in [2.45, 2.75) is 58.1 Å². The van der Waals surface area contributed by atoms with Crippen LogP contribution in [0.1, 0.15) is 45.2 Å². The molecule has 3 rings (SSSR count). The van der Waals surface area contributed by atoms with Gasteiger partial charge in [-0.05, 0) is 55.0 Å². The van der Waals surface area contributed by atoms with E-state index in [4.69, 9.17) is 4.74 Å². The number of methoxy groups -OCH3 is 1. The van der Waals surface area contributed by atoms with E-state index in [0.29, 0.717) is 11.8 Å². The smallest absolute Gasteiger partial charge is 0.115 e. The van der Waals surface area contributed by atoms with Crippen molar-refractivity contribution < 1.29 is 9.84 Å². The van der Waals surface area contributed by atoms with Gasteiger partial charge in [0.25, 0.3) is 0 Å². The summed E-state index contributed by atoms with van der Waals surface area (Å²) in [4.78, 5) is 2.60. The molecule has 1 aliphatic carbocycles. The van der Waals surface area contributed by atoms with E-state index in [9.17, 15) is 5.11 Å². The van der Waals surface area contributed by atoms with E-state index >= 15 is 0 Å². The molecule has 122 valence electrons. The van der Waals surface area contributed by atoms with E-state index in [1.54, 1.807) is 7.11 Å². The van der Waals surface area contributed by atoms with Crippen molar-refractivity contribution >= 4 is 0 Å². The molecule has 2 bridgehead atoms. The maximum atomic E-state index is 9.88. The summed E-state index contributed by atoms with van der Waals surface area (Å²) in [7, 11) is 1.79. The van der Waals surface area contributed by atoms with Crippen LogP contribution >= 0.6 is 0 Å². The first-order valence-corrected chi connectivity index (χ1v) is 8.39. The van der Waals surface area contributed by atoms with Crippen LogP contribution in [-0.4, -0.2) is 42.4 Å². The second kappa shape index (κ2) is 5.24. The Morgan fingerprint density at radius 3 is 2.77 bits per heavy atom. The lowest BCUT2D eigenvalue weighted by molar-refractivity contribution is -0.0568. The van der Waals surface area contributed by atoms with E-state index in [1.807, 2.05) is 12.1 Å². The molecule has 1 aromatic rings. The van der Waals surface area contributed by atoms with Crippen LogP contribution in [0, 0.1) is 5.41 Å². The number of benzene rings is 1. The maximum Gasteiger partial charge on any atom is 0.115 e. The maximum absolute atomic E-state index is 9.88. The molecule has 0 saturated carbocycles. The van der Waals surface area contributed by atoms with Crippen molar-refractivity contribution in [3.63, 3.8) is 0 Å². The van der Waals surface area contributed by atoms with Crippen molar-refractivity contribution in [1.29, 1.82) is 0 Å². The Morgan fingerprint density at radius 2 is 2.09 bits per heavy atom. The number of nitrogens with zero attached hydrogens (tertiary/aromatic N) is 1. The van der Waals surface area contributed by atoms with Crippen LogP contribution in [0.3, 0.4) is 0 Å². The normalized spacial score (nSPS) is 31.6. The van der Waals surface area contributed by atoms with Gasteiger partial charge in [0, 0.05) is 25.1 Å². The zero-order valence-corrected chi connectivity index (χ0v) is 14.5. The molecule has 3 atom stereocenters. The lowest BCUT2D eigenvalue weighted by Gasteiger charge is -2.61. The standard InChI is InChI=1S/C19H29NO2/c1-13(22-5)12-20-9-8-19(4)16-7-6-15(21)10-14(16)11-17(20)18(19,2)3/h6-7,10,13,17,21H,8-9,11-12H2,1-5H3/t13-,17+,19-/m1/s1. The summed E-state index contributed by atoms with van der Waals surface area (Å²) >= 11 is 0. The Morgan fingerprint density at radius 1 is 1.36 bits per heavy atom. The first-order valence-electron chi connectivity index (χ1n) is 8.39. The number of ether oxygens (including phenoxy) is 1. The average molecular weight is 303 g/mol. The molecular formula is C19H29NO2. The zero-order valence-electron chi connectivity index (χ0n) is 14.5. The summed E-state index contributed by atoms with van der Waals surface area (Å²) in [5.74, 6) is 0.386. The molecule has 0 unspecified atom stereocenters. The number of hydrogen-bond acceptors (Lipinski definition) is 3. The van der Waals surface area contributed by atoms with Crippen LogP contribution in [0.25, 0.3) is 0 Å². The van der Waals surface area contributed by atoms with Gasteiger partial charge >= 0.3 is 0 Å². The Kier molecular flexibility index (Phi) is 3.77. The Labute approximate surface area is 134 Å². The second-order valence-electron chi connectivity index (χ2n) is 7.91. The van der Waals surface area contributed by atoms with Crippen molar-refractivity contribution in [3.8, 4) is 5.75 Å². The number of aromatic hydroxyl groups is 1. The minimum Gasteiger partial charge on any atom is -0.508 e. The molecule has 0 amide bonds. The van der Waals surface area contributed by atoms with Crippen LogP contribution in [0.5, 0.6) is 5.75 Å². The van der Waals surface area contributed by atoms with Gasteiger partial charge in [0.05, 0.1) is 6.10 Å². The molecule has 1 saturated heterocycles. The van der Waals surface area contributed by atoms with E-state index < -0.39 is 0 Å². The highest BCUT2D eigenvalue weighted by atomic mass is 16.5. The molecule has 1 aliphatic heterocycles. The largest absolute Gasteiger partial charge is 0.508 e. The Bertz CT molecular complexity index is 569. The molecule has 0 spiro atoms. The molecule has 3 nitrogen and oxygen atoms in total. The monoisotopic (exact) mass is 303 g/mol. The fourth-order valence-electron chi connectivity index (χ4n) is 4.65. The SMILES string of the molecule is CO[C@H](C)CN1CC[C@]2(C)c3ccc(O)cc3C[C@H]1C2(C)C. The summed E-state index contributed by atoms with van der Waals surface area (Å²) in [5, 5.41) is 9.88. The Balaban J connectivity index is 2.02. The number of phenols is 1. The molecule has 1 N–H and O–H groups in total. The minimum atomic E-state index is 0.172. The van der Waals surface area contributed by atoms with Crippen molar-refractivity contribution in [2.24, 2.45) is 5.41 Å². The quantitative estimate of drug-likeness (QED) is 0.929. The van der Waals surface area contributed by atoms with Crippen LogP contribution in [0.15, 0.2) is 18.2 Å². The summed E-state index contributed by atoms with van der Waals surface area (Å²) in [6.45, 7) is 11.5. The number of fused-ring (bicyclic) bond motifs is 4. The van der Waals surface area contributed by atoms with Gasteiger partial charge in [0.15, 0.2) is 0 Å². The van der Waals surface area contributed by atoms with Crippen LogP contribution in [0.4, 0.5) is 0 Å². The lowest BCUT2D eigenvalue weighted by Crippen LogP contribution is -2.64. The van der Waals surface area contributed by atoms with Crippen molar-refractivity contribution in [3.05, 3.63) is 29.3 Å². The lowest BCUT2D eigenvalue weighted by atomic mass is 9.51. The summed E-state index contributed by atoms with van der Waals surface area (Å²) < 4.78 is 5.49. The first kappa shape index (κ1) is 15.8. The number of phenolic OH excluding ortho intramolecular Hbond substituents is 1. The molecule has 2 aliphatic rings. The van der Waals surface area contributed by atoms with Crippen LogP contribution < -0.4 is 0 Å². The summed E-state index contributed by atoms with van der Waals surface area (Å²) in [5.41, 5.74) is 3.14. The van der Waals surface area contributed by atoms with Crippen LogP contribution in [-0.2, 0) is 16.6 Å². The fraction of sp³-hybridized carbons (Fsp3) is 0.684. The van der Waals surface area contributed by atoms with Gasteiger partial charge in [-0.1, -0.05) is 26.8 Å². The third-order valence-electron chi connectivity index (χ3n) is 6.59. The predicted octanol–water partition coefficient (Wildman–Crippen LogP) is 3.34. The number of rotatable bonds is 3. The van der Waals surface area contributed by atoms with Gasteiger partial charge in [0.2, 0.25) is 0 Å². The van der Waals surface area contributed by atoms with E-state index in [-0.39, 0.29) is 16.9 Å². The highest BCUT2D eigenvalue weighted by Crippen LogP contribution is 2.56. The molecule has 1 aromatic carbocycles. The van der Waals surface area contributed by atoms with Gasteiger partial charge in [0.1, 0.15) is 5.75 Å². The molecule has 0 aromatic heterocycles. The number of piperidine rings is 1. The summed E-state index contributed by atoms with van der Waals surface area (Å²) in [6.07, 6.45) is 2.43. The third-order valence-corrected chi connectivity index (χ3v) is 6.59. The van der Waals surface area contributed by atoms with Gasteiger partial charge in [-0.2, -0.15) is 0 Å². The zero-order chi connectivity index (χ0) is 16.1. The third kappa shape index (κ3) is 2.17. The first-order chi connectivity index (χ1) is 10.3. The van der Waals surface area contributed by atoms with E-state index in [0.717, 1.165) is 25.9 Å². The average Bonchev–Trinajstić information content (AvgIpc) is 2.45. The van der Waals surface area contributed by atoms with Gasteiger partial charge in [-0.15, -0.1) is 0 Å². The van der Waals surface area contributed by atoms with E-state index in [1.165, 1.54) is 11.1 Å². The van der Waals surface area contributed by atoms with Crippen molar-refractivity contribution in [1.82, 2.24) is 4.90 Å². The molecule has 3 heteroatoms. The molecule has 1 fully saturated rings. The van der Waals surface area contributed by atoms with E-state index in [2.05, 4.69) is 38.7 Å². The Hall–Kier alpha value is -1.06. The van der Waals surface area contributed by atoms with Gasteiger partial charge in [-0.3, -0.25) is 4.90 Å². The minimum absolute atomic E-state index is 0.172. The molecule has 1 heterocycles. The molecule has 0 radical (unpaired) electrons. The molecule has 22 heavy (non-hydrogen) atoms. The van der Waals surface area contributed by atoms with Gasteiger partial charge in [-0.25, -0.2) is 0 Å². The van der Waals surface area contributed by atoms with Crippen molar-refractivity contribution in [2.75, 3.05) is 20.2 Å². The highest BCUT2D eigenvalue weighted by Gasteiger charge is 2.55. The van der Waals surface area contributed by atoms with Crippen LogP contribution in [0.2, 0.25) is 0 Å². The fourth-order valence-corrected chi connectivity index (χ4v) is 4.65. The number of hydrogen-bond donors (Lipinski definition) is 1.